The summed E-state index contributed by atoms with van der Waals surface area (Å²) in [5.41, 5.74) is 1.81. The lowest BCUT2D eigenvalue weighted by Gasteiger charge is -2.39. The first-order valence-corrected chi connectivity index (χ1v) is 6.49. The van der Waals surface area contributed by atoms with Crippen LogP contribution in [0.2, 0.25) is 0 Å². The van der Waals surface area contributed by atoms with Crippen LogP contribution in [0.5, 0.6) is 0 Å². The minimum absolute atomic E-state index is 0.570. The lowest BCUT2D eigenvalue weighted by Crippen LogP contribution is -2.56. The summed E-state index contributed by atoms with van der Waals surface area (Å²) in [6.07, 6.45) is 2.33. The molecule has 0 aliphatic carbocycles. The van der Waals surface area contributed by atoms with Gasteiger partial charge >= 0.3 is 0 Å². The first-order valence-electron chi connectivity index (χ1n) is 5.61. The van der Waals surface area contributed by atoms with Gasteiger partial charge in [0.1, 0.15) is 5.51 Å². The number of piperazine rings is 1. The Balaban J connectivity index is 2.10. The fourth-order valence-electron chi connectivity index (χ4n) is 2.03. The molecule has 2 atom stereocenters. The maximum Gasteiger partial charge on any atom is 0.208 e. The zero-order chi connectivity index (χ0) is 10.7. The topological polar surface area (TPSA) is 41.1 Å². The molecule has 0 aromatic carbocycles. The van der Waals surface area contributed by atoms with Gasteiger partial charge in [0.25, 0.3) is 0 Å². The summed E-state index contributed by atoms with van der Waals surface area (Å²) in [5.74, 6) is 0. The van der Waals surface area contributed by atoms with Gasteiger partial charge in [-0.1, -0.05) is 25.2 Å². The Kier molecular flexibility index (Phi) is 3.53. The van der Waals surface area contributed by atoms with E-state index in [0.717, 1.165) is 24.6 Å². The molecule has 1 aliphatic heterocycles. The van der Waals surface area contributed by atoms with Gasteiger partial charge in [0, 0.05) is 25.2 Å². The molecule has 4 nitrogen and oxygen atoms in total. The van der Waals surface area contributed by atoms with Gasteiger partial charge in [-0.15, -0.1) is 10.2 Å². The van der Waals surface area contributed by atoms with Gasteiger partial charge in [-0.25, -0.2) is 0 Å². The smallest absolute Gasteiger partial charge is 0.208 e. The van der Waals surface area contributed by atoms with Crippen molar-refractivity contribution in [3.63, 3.8) is 0 Å². The van der Waals surface area contributed by atoms with Crippen LogP contribution in [-0.4, -0.2) is 35.4 Å². The van der Waals surface area contributed by atoms with Gasteiger partial charge in [-0.05, 0) is 12.8 Å². The number of nitrogens with one attached hydrogen (secondary N) is 1. The Morgan fingerprint density at radius 3 is 3.00 bits per heavy atom. The first kappa shape index (κ1) is 10.8. The van der Waals surface area contributed by atoms with E-state index in [-0.39, 0.29) is 0 Å². The Morgan fingerprint density at radius 1 is 1.53 bits per heavy atom. The first-order chi connectivity index (χ1) is 7.35. The maximum absolute atomic E-state index is 4.17. The lowest BCUT2D eigenvalue weighted by atomic mass is 10.1. The number of aromatic nitrogens is 2. The van der Waals surface area contributed by atoms with Crippen LogP contribution in [0.3, 0.4) is 0 Å². The molecule has 1 aromatic rings. The van der Waals surface area contributed by atoms with Crippen molar-refractivity contribution in [1.82, 2.24) is 15.5 Å². The van der Waals surface area contributed by atoms with E-state index in [2.05, 4.69) is 34.3 Å². The summed E-state index contributed by atoms with van der Waals surface area (Å²) >= 11 is 1.64. The molecule has 2 heterocycles. The standard InChI is InChI=1S/C10H18N4S/c1-3-8-6-14(9(4-2)5-11-8)10-13-12-7-15-10/h7-9,11H,3-6H2,1-2H3. The average molecular weight is 226 g/mol. The highest BCUT2D eigenvalue weighted by molar-refractivity contribution is 7.13. The number of rotatable bonds is 3. The second-order valence-corrected chi connectivity index (χ2v) is 4.76. The molecule has 1 N–H and O–H groups in total. The van der Waals surface area contributed by atoms with Gasteiger partial charge in [0.15, 0.2) is 0 Å². The normalized spacial score (nSPS) is 26.9. The Labute approximate surface area is 94.7 Å². The second kappa shape index (κ2) is 4.90. The van der Waals surface area contributed by atoms with Crippen molar-refractivity contribution in [2.24, 2.45) is 0 Å². The van der Waals surface area contributed by atoms with E-state index >= 15 is 0 Å². The van der Waals surface area contributed by atoms with Crippen LogP contribution >= 0.6 is 11.3 Å². The molecule has 2 unspecified atom stereocenters. The van der Waals surface area contributed by atoms with E-state index in [4.69, 9.17) is 0 Å². The quantitative estimate of drug-likeness (QED) is 0.848. The molecule has 15 heavy (non-hydrogen) atoms. The SMILES string of the molecule is CCC1CN(c2nncs2)C(CC)CN1. The predicted octanol–water partition coefficient (Wildman–Crippen LogP) is 1.50. The summed E-state index contributed by atoms with van der Waals surface area (Å²) in [7, 11) is 0. The van der Waals surface area contributed by atoms with E-state index in [1.807, 2.05) is 5.51 Å². The van der Waals surface area contributed by atoms with Crippen molar-refractivity contribution in [2.45, 2.75) is 38.8 Å². The minimum Gasteiger partial charge on any atom is -0.341 e. The molecule has 1 aromatic heterocycles. The number of hydrogen-bond acceptors (Lipinski definition) is 5. The summed E-state index contributed by atoms with van der Waals surface area (Å²) in [6.45, 7) is 6.58. The molecule has 0 bridgehead atoms. The molecule has 0 amide bonds. The number of anilines is 1. The van der Waals surface area contributed by atoms with Crippen LogP contribution in [0.25, 0.3) is 0 Å². The van der Waals surface area contributed by atoms with Crippen LogP contribution in [0.4, 0.5) is 5.13 Å². The van der Waals surface area contributed by atoms with Gasteiger partial charge in [0.05, 0.1) is 0 Å². The van der Waals surface area contributed by atoms with E-state index in [1.165, 1.54) is 6.42 Å². The maximum atomic E-state index is 4.17. The van der Waals surface area contributed by atoms with Crippen LogP contribution in [0, 0.1) is 0 Å². The van der Waals surface area contributed by atoms with Crippen molar-refractivity contribution >= 4 is 16.5 Å². The molecule has 2 rings (SSSR count). The lowest BCUT2D eigenvalue weighted by molar-refractivity contribution is 0.378. The fourth-order valence-corrected chi connectivity index (χ4v) is 2.67. The largest absolute Gasteiger partial charge is 0.341 e. The van der Waals surface area contributed by atoms with E-state index in [0.29, 0.717) is 12.1 Å². The van der Waals surface area contributed by atoms with Crippen molar-refractivity contribution in [3.8, 4) is 0 Å². The fraction of sp³-hybridized carbons (Fsp3) is 0.800. The van der Waals surface area contributed by atoms with Crippen molar-refractivity contribution in [3.05, 3.63) is 5.51 Å². The molecular weight excluding hydrogens is 208 g/mol. The second-order valence-electron chi connectivity index (χ2n) is 3.95. The van der Waals surface area contributed by atoms with Crippen LogP contribution < -0.4 is 10.2 Å². The van der Waals surface area contributed by atoms with E-state index in [1.54, 1.807) is 11.3 Å². The summed E-state index contributed by atoms with van der Waals surface area (Å²) < 4.78 is 0. The molecule has 1 aliphatic rings. The highest BCUT2D eigenvalue weighted by Crippen LogP contribution is 2.22. The molecule has 84 valence electrons. The molecule has 1 fully saturated rings. The zero-order valence-corrected chi connectivity index (χ0v) is 10.1. The molecule has 0 spiro atoms. The third-order valence-corrected chi connectivity index (χ3v) is 3.78. The summed E-state index contributed by atoms with van der Waals surface area (Å²) in [4.78, 5) is 2.41. The highest BCUT2D eigenvalue weighted by Gasteiger charge is 2.27. The predicted molar refractivity (Wildman–Crippen MR) is 63.4 cm³/mol. The minimum atomic E-state index is 0.570. The monoisotopic (exact) mass is 226 g/mol. The van der Waals surface area contributed by atoms with Gasteiger partial charge < -0.3 is 10.2 Å². The zero-order valence-electron chi connectivity index (χ0n) is 9.31. The van der Waals surface area contributed by atoms with Gasteiger partial charge in [0.2, 0.25) is 5.13 Å². The average Bonchev–Trinajstić information content (AvgIpc) is 2.81. The van der Waals surface area contributed by atoms with Gasteiger partial charge in [-0.3, -0.25) is 0 Å². The van der Waals surface area contributed by atoms with Crippen LogP contribution in [0.15, 0.2) is 5.51 Å². The van der Waals surface area contributed by atoms with Crippen molar-refractivity contribution in [1.29, 1.82) is 0 Å². The van der Waals surface area contributed by atoms with E-state index in [9.17, 15) is 0 Å². The van der Waals surface area contributed by atoms with E-state index < -0.39 is 0 Å². The third-order valence-electron chi connectivity index (χ3n) is 3.06. The molecule has 1 saturated heterocycles. The van der Waals surface area contributed by atoms with Crippen molar-refractivity contribution < 1.29 is 0 Å². The number of hydrogen-bond donors (Lipinski definition) is 1. The summed E-state index contributed by atoms with van der Waals surface area (Å²) in [6, 6.07) is 1.16. The highest BCUT2D eigenvalue weighted by atomic mass is 32.1. The Bertz CT molecular complexity index is 288. The Hall–Kier alpha value is -0.680. The molecule has 5 heteroatoms. The number of nitrogens with zero attached hydrogens (tertiary/aromatic N) is 3. The van der Waals surface area contributed by atoms with Crippen LogP contribution in [0.1, 0.15) is 26.7 Å². The van der Waals surface area contributed by atoms with Gasteiger partial charge in [-0.2, -0.15) is 0 Å². The summed E-state index contributed by atoms with van der Waals surface area (Å²) in [5, 5.41) is 12.7. The van der Waals surface area contributed by atoms with Crippen LogP contribution in [-0.2, 0) is 0 Å². The van der Waals surface area contributed by atoms with Crippen molar-refractivity contribution in [2.75, 3.05) is 18.0 Å². The molecule has 0 saturated carbocycles. The Morgan fingerprint density at radius 2 is 2.40 bits per heavy atom. The molecular formula is C10H18N4S. The third kappa shape index (κ3) is 2.29. The molecule has 0 radical (unpaired) electrons.